The highest BCUT2D eigenvalue weighted by molar-refractivity contribution is 7.99. The molecule has 25 heavy (non-hydrogen) atoms. The zero-order chi connectivity index (χ0) is 17.2. The molecule has 1 unspecified atom stereocenters. The van der Waals surface area contributed by atoms with Crippen LogP contribution >= 0.6 is 11.8 Å². The summed E-state index contributed by atoms with van der Waals surface area (Å²) in [5, 5.41) is 13.6. The second kappa shape index (κ2) is 7.03. The third kappa shape index (κ3) is 3.35. The molecule has 1 saturated carbocycles. The van der Waals surface area contributed by atoms with E-state index < -0.39 is 0 Å². The van der Waals surface area contributed by atoms with Crippen LogP contribution in [0.1, 0.15) is 62.0 Å². The number of rotatable bonds is 5. The number of furan rings is 1. The molecule has 1 aliphatic carbocycles. The van der Waals surface area contributed by atoms with Crippen molar-refractivity contribution in [2.75, 3.05) is 0 Å². The van der Waals surface area contributed by atoms with Crippen LogP contribution in [0.3, 0.4) is 0 Å². The number of nitrogens with zero attached hydrogens (tertiary/aromatic N) is 5. The first-order valence-corrected chi connectivity index (χ1v) is 9.56. The molecule has 1 fully saturated rings. The van der Waals surface area contributed by atoms with Crippen molar-refractivity contribution >= 4 is 11.8 Å². The van der Waals surface area contributed by atoms with E-state index >= 15 is 0 Å². The van der Waals surface area contributed by atoms with E-state index in [1.165, 1.54) is 19.3 Å². The summed E-state index contributed by atoms with van der Waals surface area (Å²) in [6.45, 7) is 3.87. The van der Waals surface area contributed by atoms with Crippen molar-refractivity contribution in [1.82, 2.24) is 24.9 Å². The summed E-state index contributed by atoms with van der Waals surface area (Å²) in [7, 11) is 0. The van der Waals surface area contributed by atoms with Gasteiger partial charge in [0, 0.05) is 6.04 Å². The van der Waals surface area contributed by atoms with Crippen LogP contribution in [-0.4, -0.2) is 24.9 Å². The number of thioether (sulfide) groups is 1. The van der Waals surface area contributed by atoms with Crippen LogP contribution in [0, 0.1) is 6.92 Å². The molecule has 1 aliphatic rings. The Labute approximate surface area is 150 Å². The van der Waals surface area contributed by atoms with Crippen LogP contribution in [-0.2, 0) is 0 Å². The molecule has 0 spiro atoms. The Morgan fingerprint density at radius 1 is 1.24 bits per heavy atom. The first-order valence-electron chi connectivity index (χ1n) is 8.68. The molecule has 0 bridgehead atoms. The van der Waals surface area contributed by atoms with Crippen molar-refractivity contribution < 1.29 is 8.94 Å². The molecule has 0 aromatic carbocycles. The monoisotopic (exact) mass is 359 g/mol. The average Bonchev–Trinajstić information content (AvgIpc) is 3.35. The molecule has 0 aliphatic heterocycles. The normalized spacial score (nSPS) is 17.0. The molecule has 3 aromatic heterocycles. The second-order valence-corrected chi connectivity index (χ2v) is 7.69. The third-order valence-electron chi connectivity index (χ3n) is 4.52. The predicted octanol–water partition coefficient (Wildman–Crippen LogP) is 4.59. The lowest BCUT2D eigenvalue weighted by Crippen LogP contribution is -2.15. The van der Waals surface area contributed by atoms with Crippen LogP contribution in [0.2, 0.25) is 0 Å². The van der Waals surface area contributed by atoms with Crippen LogP contribution < -0.4 is 0 Å². The molecule has 132 valence electrons. The fraction of sp³-hybridized carbons (Fsp3) is 0.529. The number of aryl methyl sites for hydroxylation is 1. The van der Waals surface area contributed by atoms with Gasteiger partial charge in [0.2, 0.25) is 11.7 Å². The highest BCUT2D eigenvalue weighted by Crippen LogP contribution is 2.39. The average molecular weight is 359 g/mol. The minimum Gasteiger partial charge on any atom is -0.461 e. The molecule has 0 amide bonds. The predicted molar refractivity (Wildman–Crippen MR) is 93.2 cm³/mol. The summed E-state index contributed by atoms with van der Waals surface area (Å²) in [5.74, 6) is 2.81. The van der Waals surface area contributed by atoms with E-state index in [0.717, 1.165) is 29.6 Å². The van der Waals surface area contributed by atoms with E-state index in [4.69, 9.17) is 8.94 Å². The van der Waals surface area contributed by atoms with Gasteiger partial charge in [0.1, 0.15) is 0 Å². The second-order valence-electron chi connectivity index (χ2n) is 6.39. The van der Waals surface area contributed by atoms with E-state index in [-0.39, 0.29) is 5.25 Å². The lowest BCUT2D eigenvalue weighted by Gasteiger charge is -2.25. The SMILES string of the molecule is Cc1noc(C(C)Sc2nnc(-c3ccco3)n2C2CCCCC2)n1. The molecule has 3 aromatic rings. The Kier molecular flexibility index (Phi) is 4.61. The van der Waals surface area contributed by atoms with E-state index in [0.29, 0.717) is 17.8 Å². The summed E-state index contributed by atoms with van der Waals surface area (Å²) in [6, 6.07) is 4.22. The number of hydrogen-bond acceptors (Lipinski definition) is 7. The van der Waals surface area contributed by atoms with Gasteiger partial charge in [0.25, 0.3) is 0 Å². The quantitative estimate of drug-likeness (QED) is 0.616. The molecule has 0 saturated heterocycles. The molecule has 0 radical (unpaired) electrons. The van der Waals surface area contributed by atoms with Crippen molar-refractivity contribution in [1.29, 1.82) is 0 Å². The molecule has 0 N–H and O–H groups in total. The van der Waals surface area contributed by atoms with Crippen LogP contribution in [0.5, 0.6) is 0 Å². The van der Waals surface area contributed by atoms with Crippen LogP contribution in [0.15, 0.2) is 32.5 Å². The summed E-state index contributed by atoms with van der Waals surface area (Å²) in [5.41, 5.74) is 0. The molecule has 8 heteroatoms. The summed E-state index contributed by atoms with van der Waals surface area (Å²) in [4.78, 5) is 4.33. The fourth-order valence-corrected chi connectivity index (χ4v) is 4.24. The van der Waals surface area contributed by atoms with E-state index in [1.807, 2.05) is 26.0 Å². The Hall–Kier alpha value is -2.09. The van der Waals surface area contributed by atoms with E-state index in [1.54, 1.807) is 18.0 Å². The van der Waals surface area contributed by atoms with E-state index in [9.17, 15) is 0 Å². The lowest BCUT2D eigenvalue weighted by molar-refractivity contribution is 0.337. The Morgan fingerprint density at radius 2 is 2.08 bits per heavy atom. The van der Waals surface area contributed by atoms with Gasteiger partial charge in [0.15, 0.2) is 16.7 Å². The summed E-state index contributed by atoms with van der Waals surface area (Å²) in [6.07, 6.45) is 7.74. The molecule has 1 atom stereocenters. The topological polar surface area (TPSA) is 82.8 Å². The van der Waals surface area contributed by atoms with Crippen molar-refractivity contribution in [2.24, 2.45) is 0 Å². The van der Waals surface area contributed by atoms with Crippen molar-refractivity contribution in [2.45, 2.75) is 62.4 Å². The minimum absolute atomic E-state index is 0.0113. The van der Waals surface area contributed by atoms with Crippen LogP contribution in [0.4, 0.5) is 0 Å². The molecular formula is C17H21N5O2S. The maximum atomic E-state index is 5.58. The Morgan fingerprint density at radius 3 is 2.76 bits per heavy atom. The van der Waals surface area contributed by atoms with Gasteiger partial charge in [-0.25, -0.2) is 0 Å². The molecule has 3 heterocycles. The molecular weight excluding hydrogens is 338 g/mol. The zero-order valence-electron chi connectivity index (χ0n) is 14.4. The molecule has 4 rings (SSSR count). The van der Waals surface area contributed by atoms with Crippen molar-refractivity contribution in [3.05, 3.63) is 30.1 Å². The maximum Gasteiger partial charge on any atom is 0.239 e. The number of aromatic nitrogens is 5. The van der Waals surface area contributed by atoms with Gasteiger partial charge in [-0.1, -0.05) is 36.2 Å². The Bertz CT molecular complexity index is 820. The van der Waals surface area contributed by atoms with Crippen LogP contribution in [0.25, 0.3) is 11.6 Å². The van der Waals surface area contributed by atoms with Gasteiger partial charge in [-0.15, -0.1) is 10.2 Å². The standard InChI is InChI=1S/C17H21N5O2S/c1-11(16-18-12(2)21-24-16)25-17-20-19-15(14-9-6-10-23-14)22(17)13-7-4-3-5-8-13/h6,9-11,13H,3-5,7-8H2,1-2H3. The van der Waals surface area contributed by atoms with Gasteiger partial charge in [-0.3, -0.25) is 4.57 Å². The van der Waals surface area contributed by atoms with Gasteiger partial charge >= 0.3 is 0 Å². The van der Waals surface area contributed by atoms with E-state index in [2.05, 4.69) is 24.9 Å². The zero-order valence-corrected chi connectivity index (χ0v) is 15.2. The van der Waals surface area contributed by atoms with Gasteiger partial charge in [-0.2, -0.15) is 4.98 Å². The highest BCUT2D eigenvalue weighted by atomic mass is 32.2. The van der Waals surface area contributed by atoms with Crippen molar-refractivity contribution in [3.8, 4) is 11.6 Å². The van der Waals surface area contributed by atoms with Crippen molar-refractivity contribution in [3.63, 3.8) is 0 Å². The van der Waals surface area contributed by atoms with Gasteiger partial charge in [0.05, 0.1) is 11.5 Å². The first-order chi connectivity index (χ1) is 12.2. The minimum atomic E-state index is 0.0113. The third-order valence-corrected chi connectivity index (χ3v) is 5.56. The van der Waals surface area contributed by atoms with Gasteiger partial charge < -0.3 is 8.94 Å². The summed E-state index contributed by atoms with van der Waals surface area (Å²) < 4.78 is 13.1. The van der Waals surface area contributed by atoms with Gasteiger partial charge in [-0.05, 0) is 38.8 Å². The Balaban J connectivity index is 1.67. The molecule has 7 nitrogen and oxygen atoms in total. The lowest BCUT2D eigenvalue weighted by atomic mass is 9.95. The number of hydrogen-bond donors (Lipinski definition) is 0. The maximum absolute atomic E-state index is 5.58. The highest BCUT2D eigenvalue weighted by Gasteiger charge is 2.27. The first kappa shape index (κ1) is 16.4. The summed E-state index contributed by atoms with van der Waals surface area (Å²) >= 11 is 1.60. The largest absolute Gasteiger partial charge is 0.461 e. The smallest absolute Gasteiger partial charge is 0.239 e. The fourth-order valence-electron chi connectivity index (χ4n) is 3.29.